The van der Waals surface area contributed by atoms with Gasteiger partial charge in [0.25, 0.3) is 0 Å². The van der Waals surface area contributed by atoms with Gasteiger partial charge in [-0.3, -0.25) is 38.4 Å². The highest BCUT2D eigenvalue weighted by molar-refractivity contribution is 5.95. The number of amides is 7. The fourth-order valence-electron chi connectivity index (χ4n) is 3.52. The molecule has 0 rings (SSSR count). The van der Waals surface area contributed by atoms with E-state index in [1.54, 1.807) is 20.8 Å². The third-order valence-corrected chi connectivity index (χ3v) is 6.47. The number of Topliss-reactive ketones (excluding diaryl/α,β-unsaturated/α-hetero) is 1. The van der Waals surface area contributed by atoms with Crippen LogP contribution in [-0.4, -0.2) is 174 Å². The van der Waals surface area contributed by atoms with E-state index < -0.39 is 97.8 Å². The predicted molar refractivity (Wildman–Crippen MR) is 158 cm³/mol. The highest BCUT2D eigenvalue weighted by atomic mass is 16.3. The van der Waals surface area contributed by atoms with Crippen LogP contribution in [0.2, 0.25) is 0 Å². The van der Waals surface area contributed by atoms with Crippen molar-refractivity contribution in [3.05, 3.63) is 0 Å². The van der Waals surface area contributed by atoms with E-state index in [-0.39, 0.29) is 18.9 Å². The van der Waals surface area contributed by atoms with E-state index in [0.717, 1.165) is 19.6 Å². The summed E-state index contributed by atoms with van der Waals surface area (Å²) in [6, 6.07) is -4.36. The predicted octanol–water partition coefficient (Wildman–Crippen LogP) is -5.11. The summed E-state index contributed by atoms with van der Waals surface area (Å²) < 4.78 is 0. The van der Waals surface area contributed by atoms with Gasteiger partial charge in [-0.1, -0.05) is 20.8 Å². The summed E-state index contributed by atoms with van der Waals surface area (Å²) in [5.41, 5.74) is -0.715. The fraction of sp³-hybridized carbons (Fsp3) is 0.704. The average Bonchev–Trinajstić information content (AvgIpc) is 2.95. The van der Waals surface area contributed by atoms with Gasteiger partial charge in [0.1, 0.15) is 18.1 Å². The Hall–Kier alpha value is -4.16. The lowest BCUT2D eigenvalue weighted by Crippen LogP contribution is -2.56. The zero-order chi connectivity index (χ0) is 35.2. The molecule has 0 aromatic carbocycles. The number of rotatable bonds is 17. The summed E-state index contributed by atoms with van der Waals surface area (Å²) in [6.07, 6.45) is 0. The second-order valence-electron chi connectivity index (χ2n) is 11.5. The first-order valence-electron chi connectivity index (χ1n) is 13.9. The number of hydrogen-bond acceptors (Lipinski definition) is 11. The Kier molecular flexibility index (Phi) is 16.9. The molecule has 6 N–H and O–H groups in total. The molecule has 0 saturated heterocycles. The Balaban J connectivity index is 5.13. The molecular weight excluding hydrogens is 598 g/mol. The molecular formula is C27H47N7O11. The molecule has 0 bridgehead atoms. The number of hydrogen-bond donors (Lipinski definition) is 6. The van der Waals surface area contributed by atoms with Crippen LogP contribution in [0, 0.1) is 5.41 Å². The quantitative estimate of drug-likeness (QED) is 0.0873. The number of nitrogens with one attached hydrogen (secondary N) is 3. The normalized spacial score (nSPS) is 13.0. The second kappa shape index (κ2) is 18.6. The molecule has 0 aromatic rings. The minimum Gasteiger partial charge on any atom is -0.394 e. The molecule has 0 aromatic heterocycles. The van der Waals surface area contributed by atoms with Crippen molar-refractivity contribution in [2.45, 2.75) is 45.8 Å². The van der Waals surface area contributed by atoms with Gasteiger partial charge in [-0.15, -0.1) is 0 Å². The molecule has 0 unspecified atom stereocenters. The average molecular weight is 646 g/mol. The third kappa shape index (κ3) is 14.0. The Morgan fingerprint density at radius 1 is 0.533 bits per heavy atom. The molecule has 18 heteroatoms. The van der Waals surface area contributed by atoms with Crippen LogP contribution >= 0.6 is 0 Å². The van der Waals surface area contributed by atoms with E-state index in [4.69, 9.17) is 0 Å². The number of aliphatic hydroxyl groups excluding tert-OH is 3. The van der Waals surface area contributed by atoms with Crippen LogP contribution in [0.4, 0.5) is 0 Å². The zero-order valence-electron chi connectivity index (χ0n) is 27.1. The minimum atomic E-state index is -1.53. The van der Waals surface area contributed by atoms with Gasteiger partial charge in [-0.05, 0) is 0 Å². The lowest BCUT2D eigenvalue weighted by molar-refractivity contribution is -0.142. The molecule has 0 aliphatic heterocycles. The molecule has 0 heterocycles. The lowest BCUT2D eigenvalue weighted by atomic mass is 9.90. The Morgan fingerprint density at radius 2 is 0.800 bits per heavy atom. The first kappa shape index (κ1) is 40.8. The standard InChI is InChI=1S/C27H47N7O11/c1-16(38)31(5)10-21(40)28-18(14-36)25(44)33(7)12-23(42)30-19(15-37)26(45)34(8)11-22(41)29-17(13-35)24(43)32(6)9-20(39)27(2,3)4/h17-19,35-37H,9-15H2,1-8H3,(H,28,40)(H,29,41)(H,30,42)/t17-,18-,19-/m0/s1. The number of carbonyl (C=O) groups is 8. The van der Waals surface area contributed by atoms with Gasteiger partial charge in [0.05, 0.1) is 46.0 Å². The molecule has 0 spiro atoms. The van der Waals surface area contributed by atoms with E-state index in [2.05, 4.69) is 16.0 Å². The van der Waals surface area contributed by atoms with Crippen LogP contribution in [0.3, 0.4) is 0 Å². The van der Waals surface area contributed by atoms with Crippen molar-refractivity contribution in [2.24, 2.45) is 5.41 Å². The molecule has 18 nitrogen and oxygen atoms in total. The largest absolute Gasteiger partial charge is 0.394 e. The molecule has 0 saturated carbocycles. The third-order valence-electron chi connectivity index (χ3n) is 6.47. The summed E-state index contributed by atoms with van der Waals surface area (Å²) in [5.74, 6) is -5.60. The molecule has 0 fully saturated rings. The SMILES string of the molecule is CC(=O)N(C)CC(=O)N[C@@H](CO)C(=O)N(C)CC(=O)N[C@@H](CO)C(=O)N(C)CC(=O)N[C@@H](CO)C(=O)N(C)CC(=O)C(C)(C)C. The summed E-state index contributed by atoms with van der Waals surface area (Å²) >= 11 is 0. The number of nitrogens with zero attached hydrogens (tertiary/aromatic N) is 4. The van der Waals surface area contributed by atoms with E-state index >= 15 is 0 Å². The van der Waals surface area contributed by atoms with E-state index in [9.17, 15) is 53.7 Å². The molecule has 0 aliphatic rings. The summed E-state index contributed by atoms with van der Waals surface area (Å²) in [5, 5.41) is 35.6. The molecule has 0 aliphatic carbocycles. The highest BCUT2D eigenvalue weighted by Gasteiger charge is 2.31. The van der Waals surface area contributed by atoms with Crippen LogP contribution in [0.5, 0.6) is 0 Å². The lowest BCUT2D eigenvalue weighted by Gasteiger charge is -2.27. The van der Waals surface area contributed by atoms with Gasteiger partial charge in [0.2, 0.25) is 41.4 Å². The maximum atomic E-state index is 12.8. The van der Waals surface area contributed by atoms with Crippen LogP contribution in [0.1, 0.15) is 27.7 Å². The molecule has 7 amide bonds. The van der Waals surface area contributed by atoms with Crippen molar-refractivity contribution in [1.29, 1.82) is 0 Å². The maximum Gasteiger partial charge on any atom is 0.247 e. The summed E-state index contributed by atoms with van der Waals surface area (Å²) in [7, 11) is 5.09. The number of ketones is 1. The number of carbonyl (C=O) groups excluding carboxylic acids is 8. The van der Waals surface area contributed by atoms with Gasteiger partial charge >= 0.3 is 0 Å². The maximum absolute atomic E-state index is 12.8. The van der Waals surface area contributed by atoms with E-state index in [0.29, 0.717) is 0 Å². The molecule has 0 radical (unpaired) electrons. The first-order chi connectivity index (χ1) is 20.7. The Morgan fingerprint density at radius 3 is 1.04 bits per heavy atom. The number of aliphatic hydroxyl groups is 3. The first-order valence-corrected chi connectivity index (χ1v) is 13.9. The molecule has 45 heavy (non-hydrogen) atoms. The van der Waals surface area contributed by atoms with Crippen molar-refractivity contribution < 1.29 is 53.7 Å². The minimum absolute atomic E-state index is 0.242. The van der Waals surface area contributed by atoms with Crippen LogP contribution in [0.15, 0.2) is 0 Å². The second-order valence-corrected chi connectivity index (χ2v) is 11.5. The fourth-order valence-corrected chi connectivity index (χ4v) is 3.52. The van der Waals surface area contributed by atoms with Gasteiger partial charge < -0.3 is 50.9 Å². The van der Waals surface area contributed by atoms with Gasteiger partial charge in [0, 0.05) is 40.5 Å². The van der Waals surface area contributed by atoms with Crippen molar-refractivity contribution in [3.8, 4) is 0 Å². The van der Waals surface area contributed by atoms with Crippen molar-refractivity contribution in [3.63, 3.8) is 0 Å². The summed E-state index contributed by atoms with van der Waals surface area (Å²) in [6.45, 7) is 1.92. The monoisotopic (exact) mass is 645 g/mol. The van der Waals surface area contributed by atoms with Crippen LogP contribution in [0.25, 0.3) is 0 Å². The Labute approximate surface area is 262 Å². The van der Waals surface area contributed by atoms with Crippen molar-refractivity contribution in [2.75, 3.05) is 74.2 Å². The van der Waals surface area contributed by atoms with Gasteiger partial charge in [-0.25, -0.2) is 0 Å². The van der Waals surface area contributed by atoms with Crippen LogP contribution < -0.4 is 16.0 Å². The zero-order valence-corrected chi connectivity index (χ0v) is 27.1. The van der Waals surface area contributed by atoms with E-state index in [1.165, 1.54) is 35.1 Å². The smallest absolute Gasteiger partial charge is 0.247 e. The Bertz CT molecular complexity index is 1110. The van der Waals surface area contributed by atoms with Gasteiger partial charge in [-0.2, -0.15) is 0 Å². The topological polar surface area (TPSA) is 246 Å². The highest BCUT2D eigenvalue weighted by Crippen LogP contribution is 2.15. The number of likely N-dealkylation sites (N-methyl/N-ethyl adjacent to an activating group) is 4. The van der Waals surface area contributed by atoms with Crippen molar-refractivity contribution >= 4 is 47.1 Å². The molecule has 3 atom stereocenters. The van der Waals surface area contributed by atoms with Crippen LogP contribution in [-0.2, 0) is 38.4 Å². The van der Waals surface area contributed by atoms with Crippen molar-refractivity contribution in [1.82, 2.24) is 35.6 Å². The summed E-state index contributed by atoms with van der Waals surface area (Å²) in [4.78, 5) is 103. The van der Waals surface area contributed by atoms with E-state index in [1.807, 2.05) is 0 Å². The van der Waals surface area contributed by atoms with Gasteiger partial charge in [0.15, 0.2) is 5.78 Å². The molecule has 256 valence electrons.